The molecule has 106 valence electrons. The van der Waals surface area contributed by atoms with Crippen LogP contribution in [0.15, 0.2) is 54.2 Å². The van der Waals surface area contributed by atoms with Gasteiger partial charge < -0.3 is 5.32 Å². The second kappa shape index (κ2) is 5.93. The van der Waals surface area contributed by atoms with Crippen LogP contribution < -0.4 is 5.32 Å². The minimum absolute atomic E-state index is 0.0973. The number of hydrogen-bond acceptors (Lipinski definition) is 3. The van der Waals surface area contributed by atoms with E-state index in [4.69, 9.17) is 0 Å². The molecule has 3 rings (SSSR count). The number of thiophene rings is 1. The van der Waals surface area contributed by atoms with E-state index in [9.17, 15) is 4.79 Å². The molecule has 0 unspecified atom stereocenters. The summed E-state index contributed by atoms with van der Waals surface area (Å²) < 4.78 is 1.81. The van der Waals surface area contributed by atoms with Crippen molar-refractivity contribution < 1.29 is 4.79 Å². The van der Waals surface area contributed by atoms with E-state index in [-0.39, 0.29) is 5.91 Å². The summed E-state index contributed by atoms with van der Waals surface area (Å²) in [4.78, 5) is 12.6. The molecule has 1 N–H and O–H groups in total. The molecule has 0 aliphatic rings. The Bertz CT molecular complexity index is 729. The van der Waals surface area contributed by atoms with E-state index in [1.54, 1.807) is 12.3 Å². The first-order valence-electron chi connectivity index (χ1n) is 6.63. The molecule has 3 aromatic rings. The van der Waals surface area contributed by atoms with Crippen LogP contribution in [0.25, 0.3) is 0 Å². The summed E-state index contributed by atoms with van der Waals surface area (Å²) in [7, 11) is 0. The highest BCUT2D eigenvalue weighted by Gasteiger charge is 2.08. The molecule has 0 aliphatic heterocycles. The number of amides is 1. The third-order valence-electron chi connectivity index (χ3n) is 3.10. The van der Waals surface area contributed by atoms with Crippen molar-refractivity contribution in [2.75, 3.05) is 5.32 Å². The first kappa shape index (κ1) is 13.6. The molecule has 1 amide bonds. The SMILES string of the molecule is Cc1ccc(Cn2cc(NC(=O)c3cccs3)cn2)cc1. The Morgan fingerprint density at radius 3 is 2.81 bits per heavy atom. The van der Waals surface area contributed by atoms with Gasteiger partial charge in [0, 0.05) is 6.20 Å². The number of aryl methyl sites for hydroxylation is 1. The molecule has 0 fully saturated rings. The number of rotatable bonds is 4. The van der Waals surface area contributed by atoms with Crippen molar-refractivity contribution in [1.82, 2.24) is 9.78 Å². The van der Waals surface area contributed by atoms with Gasteiger partial charge in [-0.3, -0.25) is 9.48 Å². The van der Waals surface area contributed by atoms with E-state index in [0.29, 0.717) is 17.1 Å². The predicted molar refractivity (Wildman–Crippen MR) is 84.8 cm³/mol. The zero-order chi connectivity index (χ0) is 14.7. The lowest BCUT2D eigenvalue weighted by Crippen LogP contribution is -2.09. The van der Waals surface area contributed by atoms with Crippen LogP contribution in [0.1, 0.15) is 20.8 Å². The van der Waals surface area contributed by atoms with E-state index in [0.717, 1.165) is 0 Å². The van der Waals surface area contributed by atoms with Gasteiger partial charge in [-0.15, -0.1) is 11.3 Å². The summed E-state index contributed by atoms with van der Waals surface area (Å²) in [6.45, 7) is 2.76. The summed E-state index contributed by atoms with van der Waals surface area (Å²) >= 11 is 1.42. The van der Waals surface area contributed by atoms with Gasteiger partial charge in [-0.1, -0.05) is 35.9 Å². The van der Waals surface area contributed by atoms with Gasteiger partial charge >= 0.3 is 0 Å². The number of carbonyl (C=O) groups excluding carboxylic acids is 1. The molecule has 0 saturated heterocycles. The third kappa shape index (κ3) is 3.38. The van der Waals surface area contributed by atoms with Crippen LogP contribution in [-0.4, -0.2) is 15.7 Å². The van der Waals surface area contributed by atoms with Gasteiger partial charge in [0.05, 0.1) is 23.3 Å². The Morgan fingerprint density at radius 1 is 1.29 bits per heavy atom. The van der Waals surface area contributed by atoms with Crippen molar-refractivity contribution in [1.29, 1.82) is 0 Å². The predicted octanol–water partition coefficient (Wildman–Crippen LogP) is 3.55. The van der Waals surface area contributed by atoms with Crippen molar-refractivity contribution in [2.24, 2.45) is 0 Å². The fourth-order valence-electron chi connectivity index (χ4n) is 2.00. The lowest BCUT2D eigenvalue weighted by atomic mass is 10.1. The molecule has 0 bridgehead atoms. The number of carbonyl (C=O) groups is 1. The van der Waals surface area contributed by atoms with Crippen LogP contribution >= 0.6 is 11.3 Å². The van der Waals surface area contributed by atoms with Crippen LogP contribution in [0, 0.1) is 6.92 Å². The van der Waals surface area contributed by atoms with Gasteiger partial charge in [0.25, 0.3) is 5.91 Å². The Balaban J connectivity index is 1.66. The lowest BCUT2D eigenvalue weighted by molar-refractivity contribution is 0.103. The van der Waals surface area contributed by atoms with Gasteiger partial charge in [0.1, 0.15) is 0 Å². The zero-order valence-corrected chi connectivity index (χ0v) is 12.4. The second-order valence-electron chi connectivity index (χ2n) is 4.84. The van der Waals surface area contributed by atoms with E-state index >= 15 is 0 Å². The number of benzene rings is 1. The van der Waals surface area contributed by atoms with Gasteiger partial charge in [-0.2, -0.15) is 5.10 Å². The fraction of sp³-hybridized carbons (Fsp3) is 0.125. The molecule has 2 aromatic heterocycles. The molecule has 0 saturated carbocycles. The van der Waals surface area contributed by atoms with Gasteiger partial charge in [0.15, 0.2) is 0 Å². The third-order valence-corrected chi connectivity index (χ3v) is 3.97. The topological polar surface area (TPSA) is 46.9 Å². The largest absolute Gasteiger partial charge is 0.319 e. The van der Waals surface area contributed by atoms with Gasteiger partial charge in [-0.05, 0) is 23.9 Å². The first-order valence-corrected chi connectivity index (χ1v) is 7.51. The molecular weight excluding hydrogens is 282 g/mol. The van der Waals surface area contributed by atoms with Crippen LogP contribution in [0.2, 0.25) is 0 Å². The minimum atomic E-state index is -0.0973. The Morgan fingerprint density at radius 2 is 2.10 bits per heavy atom. The highest BCUT2D eigenvalue weighted by Crippen LogP contribution is 2.13. The number of nitrogens with zero attached hydrogens (tertiary/aromatic N) is 2. The molecule has 2 heterocycles. The standard InChI is InChI=1S/C16H15N3OS/c1-12-4-6-13(7-5-12)10-19-11-14(9-17-19)18-16(20)15-3-2-8-21-15/h2-9,11H,10H2,1H3,(H,18,20). The fourth-order valence-corrected chi connectivity index (χ4v) is 2.61. The van der Waals surface area contributed by atoms with Crippen LogP contribution in [0.3, 0.4) is 0 Å². The average molecular weight is 297 g/mol. The summed E-state index contributed by atoms with van der Waals surface area (Å²) in [6.07, 6.45) is 3.51. The summed E-state index contributed by atoms with van der Waals surface area (Å²) in [5, 5.41) is 9.01. The quantitative estimate of drug-likeness (QED) is 0.800. The van der Waals surface area contributed by atoms with Crippen LogP contribution in [0.4, 0.5) is 5.69 Å². The molecule has 1 aromatic carbocycles. The molecule has 0 radical (unpaired) electrons. The Labute approximate surface area is 127 Å². The number of aromatic nitrogens is 2. The summed E-state index contributed by atoms with van der Waals surface area (Å²) in [6, 6.07) is 12.0. The smallest absolute Gasteiger partial charge is 0.265 e. The number of nitrogens with one attached hydrogen (secondary N) is 1. The maximum absolute atomic E-state index is 11.9. The monoisotopic (exact) mass is 297 g/mol. The van der Waals surface area contributed by atoms with Crippen molar-refractivity contribution >= 4 is 22.9 Å². The first-order chi connectivity index (χ1) is 10.2. The lowest BCUT2D eigenvalue weighted by Gasteiger charge is -2.02. The van der Waals surface area contributed by atoms with Gasteiger partial charge in [-0.25, -0.2) is 0 Å². The number of hydrogen-bond donors (Lipinski definition) is 1. The number of anilines is 1. The maximum atomic E-state index is 11.9. The maximum Gasteiger partial charge on any atom is 0.265 e. The van der Waals surface area contributed by atoms with E-state index in [1.165, 1.54) is 22.5 Å². The van der Waals surface area contributed by atoms with Crippen LogP contribution in [-0.2, 0) is 6.54 Å². The Kier molecular flexibility index (Phi) is 3.83. The van der Waals surface area contributed by atoms with E-state index < -0.39 is 0 Å². The molecule has 5 heteroatoms. The molecule has 0 aliphatic carbocycles. The minimum Gasteiger partial charge on any atom is -0.319 e. The van der Waals surface area contributed by atoms with Crippen molar-refractivity contribution in [3.63, 3.8) is 0 Å². The van der Waals surface area contributed by atoms with Crippen LogP contribution in [0.5, 0.6) is 0 Å². The van der Waals surface area contributed by atoms with Crippen molar-refractivity contribution in [3.05, 3.63) is 70.2 Å². The van der Waals surface area contributed by atoms with Crippen molar-refractivity contribution in [3.8, 4) is 0 Å². The highest BCUT2D eigenvalue weighted by atomic mass is 32.1. The molecule has 0 spiro atoms. The Hall–Kier alpha value is -2.40. The van der Waals surface area contributed by atoms with Gasteiger partial charge in [0.2, 0.25) is 0 Å². The van der Waals surface area contributed by atoms with E-state index in [1.807, 2.05) is 22.3 Å². The highest BCUT2D eigenvalue weighted by molar-refractivity contribution is 7.12. The molecule has 0 atom stereocenters. The molecular formula is C16H15N3OS. The van der Waals surface area contributed by atoms with Crippen molar-refractivity contribution in [2.45, 2.75) is 13.5 Å². The molecule has 21 heavy (non-hydrogen) atoms. The zero-order valence-electron chi connectivity index (χ0n) is 11.6. The van der Waals surface area contributed by atoms with E-state index in [2.05, 4.69) is 41.6 Å². The second-order valence-corrected chi connectivity index (χ2v) is 5.79. The summed E-state index contributed by atoms with van der Waals surface area (Å²) in [5.74, 6) is -0.0973. The summed E-state index contributed by atoms with van der Waals surface area (Å²) in [5.41, 5.74) is 3.13. The average Bonchev–Trinajstić information content (AvgIpc) is 3.13. The molecule has 4 nitrogen and oxygen atoms in total. The normalized spacial score (nSPS) is 10.5.